The Hall–Kier alpha value is -1.87. The second kappa shape index (κ2) is 6.38. The van der Waals surface area contributed by atoms with Crippen LogP contribution < -0.4 is 0 Å². The average Bonchev–Trinajstić information content (AvgIpc) is 3.11. The van der Waals surface area contributed by atoms with Gasteiger partial charge < -0.3 is 4.74 Å². The van der Waals surface area contributed by atoms with Crippen molar-refractivity contribution in [2.24, 2.45) is 17.3 Å². The van der Waals surface area contributed by atoms with Crippen LogP contribution in [0.3, 0.4) is 0 Å². The van der Waals surface area contributed by atoms with Crippen molar-refractivity contribution < 1.29 is 9.53 Å². The molecule has 2 aromatic rings. The van der Waals surface area contributed by atoms with Gasteiger partial charge in [-0.2, -0.15) is 0 Å². The lowest BCUT2D eigenvalue weighted by atomic mass is 9.62. The third-order valence-corrected chi connectivity index (χ3v) is 7.02. The van der Waals surface area contributed by atoms with Crippen molar-refractivity contribution in [3.63, 3.8) is 0 Å². The zero-order valence-corrected chi connectivity index (χ0v) is 16.2. The van der Waals surface area contributed by atoms with Crippen LogP contribution in [0.4, 0.5) is 0 Å². The molecule has 138 valence electrons. The number of hydrogen-bond donors (Lipinski definition) is 0. The largest absolute Gasteiger partial charge is 0.468 e. The second-order valence-electron chi connectivity index (χ2n) is 8.67. The van der Waals surface area contributed by atoms with E-state index in [0.29, 0.717) is 11.8 Å². The Labute approximate surface area is 156 Å². The minimum atomic E-state index is -0.205. The molecule has 0 radical (unpaired) electrons. The normalized spacial score (nSPS) is 30.9. The van der Waals surface area contributed by atoms with E-state index in [4.69, 9.17) is 4.74 Å². The smallest absolute Gasteiger partial charge is 0.323 e. The number of esters is 1. The van der Waals surface area contributed by atoms with E-state index >= 15 is 0 Å². The van der Waals surface area contributed by atoms with Crippen molar-refractivity contribution in [2.75, 3.05) is 14.2 Å². The van der Waals surface area contributed by atoms with Crippen molar-refractivity contribution >= 4 is 16.7 Å². The quantitative estimate of drug-likeness (QED) is 0.727. The molecule has 2 aliphatic rings. The first-order valence-corrected chi connectivity index (χ1v) is 9.73. The van der Waals surface area contributed by atoms with Gasteiger partial charge in [0.1, 0.15) is 6.04 Å². The molecule has 4 atom stereocenters. The predicted octanol–water partition coefficient (Wildman–Crippen LogP) is 4.81. The Bertz CT molecular complexity index is 828. The van der Waals surface area contributed by atoms with Gasteiger partial charge in [-0.1, -0.05) is 56.7 Å². The minimum Gasteiger partial charge on any atom is -0.468 e. The Morgan fingerprint density at radius 2 is 1.85 bits per heavy atom. The number of carbonyl (C=O) groups excluding carboxylic acids is 1. The van der Waals surface area contributed by atoms with E-state index in [1.54, 1.807) is 0 Å². The van der Waals surface area contributed by atoms with Crippen molar-refractivity contribution in [3.05, 3.63) is 48.0 Å². The second-order valence-corrected chi connectivity index (χ2v) is 8.67. The van der Waals surface area contributed by atoms with Gasteiger partial charge in [0.25, 0.3) is 0 Å². The van der Waals surface area contributed by atoms with Crippen LogP contribution in [-0.2, 0) is 9.53 Å². The van der Waals surface area contributed by atoms with E-state index in [9.17, 15) is 4.79 Å². The van der Waals surface area contributed by atoms with Gasteiger partial charge in [-0.25, -0.2) is 0 Å². The maximum absolute atomic E-state index is 12.7. The van der Waals surface area contributed by atoms with Crippen molar-refractivity contribution in [1.82, 2.24) is 4.90 Å². The zero-order chi connectivity index (χ0) is 18.5. The molecular weight excluding hydrogens is 322 g/mol. The first-order valence-electron chi connectivity index (χ1n) is 9.73. The molecule has 3 nitrogen and oxygen atoms in total. The zero-order valence-electron chi connectivity index (χ0n) is 16.2. The number of piperidine rings is 1. The summed E-state index contributed by atoms with van der Waals surface area (Å²) in [5.74, 6) is 1.05. The summed E-state index contributed by atoms with van der Waals surface area (Å²) in [6, 6.07) is 15.4. The Morgan fingerprint density at radius 3 is 2.58 bits per heavy atom. The molecule has 3 heteroatoms. The summed E-state index contributed by atoms with van der Waals surface area (Å²) in [5, 5.41) is 2.54. The highest BCUT2D eigenvalue weighted by Crippen LogP contribution is 2.57. The van der Waals surface area contributed by atoms with E-state index in [-0.39, 0.29) is 23.5 Å². The molecule has 1 heterocycles. The summed E-state index contributed by atoms with van der Waals surface area (Å²) in [6.07, 6.45) is 3.71. The van der Waals surface area contributed by atoms with Crippen LogP contribution in [-0.4, -0.2) is 31.1 Å². The number of ether oxygens (including phenoxy) is 1. The highest BCUT2D eigenvalue weighted by molar-refractivity contribution is 5.83. The summed E-state index contributed by atoms with van der Waals surface area (Å²) in [6.45, 7) is 4.51. The summed E-state index contributed by atoms with van der Waals surface area (Å²) in [7, 11) is 3.62. The molecule has 2 aromatic carbocycles. The first-order chi connectivity index (χ1) is 12.4. The molecule has 1 aliphatic carbocycles. The van der Waals surface area contributed by atoms with Crippen LogP contribution in [0.5, 0.6) is 0 Å². The highest BCUT2D eigenvalue weighted by atomic mass is 16.5. The molecule has 0 aromatic heterocycles. The monoisotopic (exact) mass is 351 g/mol. The van der Waals surface area contributed by atoms with Crippen molar-refractivity contribution in [3.8, 4) is 0 Å². The number of likely N-dealkylation sites (N-methyl/N-ethyl adjacent to an activating group) is 1. The molecule has 2 fully saturated rings. The number of rotatable bonds is 2. The number of methoxy groups -OCH3 is 1. The van der Waals surface area contributed by atoms with E-state index in [1.807, 2.05) is 0 Å². The molecule has 1 saturated heterocycles. The van der Waals surface area contributed by atoms with Crippen LogP contribution in [0.25, 0.3) is 10.8 Å². The molecule has 0 unspecified atom stereocenters. The van der Waals surface area contributed by atoms with Crippen LogP contribution in [0, 0.1) is 17.3 Å². The van der Waals surface area contributed by atoms with Crippen molar-refractivity contribution in [1.29, 1.82) is 0 Å². The van der Waals surface area contributed by atoms with Crippen LogP contribution in [0.15, 0.2) is 42.5 Å². The van der Waals surface area contributed by atoms with E-state index in [1.165, 1.54) is 42.7 Å². The number of likely N-dealkylation sites (tertiary alicyclic amines) is 1. The van der Waals surface area contributed by atoms with Gasteiger partial charge in [0, 0.05) is 6.04 Å². The molecule has 26 heavy (non-hydrogen) atoms. The molecule has 0 N–H and O–H groups in total. The van der Waals surface area contributed by atoms with Crippen molar-refractivity contribution in [2.45, 2.75) is 45.2 Å². The minimum absolute atomic E-state index is 0.0731. The van der Waals surface area contributed by atoms with Crippen LogP contribution in [0.1, 0.15) is 44.7 Å². The summed E-state index contributed by atoms with van der Waals surface area (Å²) in [4.78, 5) is 15.0. The lowest BCUT2D eigenvalue weighted by Gasteiger charge is -2.54. The van der Waals surface area contributed by atoms with E-state index in [2.05, 4.69) is 68.3 Å². The van der Waals surface area contributed by atoms with E-state index in [0.717, 1.165) is 0 Å². The fraction of sp³-hybridized carbons (Fsp3) is 0.522. The van der Waals surface area contributed by atoms with Gasteiger partial charge in [0.15, 0.2) is 0 Å². The highest BCUT2D eigenvalue weighted by Gasteiger charge is 2.56. The number of benzene rings is 2. The molecule has 4 rings (SSSR count). The number of hydrogen-bond acceptors (Lipinski definition) is 3. The number of fused-ring (bicyclic) bond motifs is 2. The molecule has 0 bridgehead atoms. The lowest BCUT2D eigenvalue weighted by molar-refractivity contribution is -0.163. The van der Waals surface area contributed by atoms with Gasteiger partial charge in [0.05, 0.1) is 7.11 Å². The Kier molecular flexibility index (Phi) is 4.31. The maximum Gasteiger partial charge on any atom is 0.323 e. The van der Waals surface area contributed by atoms with Gasteiger partial charge in [-0.3, -0.25) is 9.69 Å². The Balaban J connectivity index is 1.81. The lowest BCUT2D eigenvalue weighted by Crippen LogP contribution is -2.60. The fourth-order valence-corrected chi connectivity index (χ4v) is 5.94. The first kappa shape index (κ1) is 17.5. The van der Waals surface area contributed by atoms with Gasteiger partial charge in [-0.15, -0.1) is 0 Å². The summed E-state index contributed by atoms with van der Waals surface area (Å²) >= 11 is 0. The Morgan fingerprint density at radius 1 is 1.12 bits per heavy atom. The van der Waals surface area contributed by atoms with Gasteiger partial charge in [-0.05, 0) is 59.5 Å². The standard InChI is InChI=1S/C23H29NO2/c1-23(2)19-11-7-10-18(19)20(24(3)21(23)22(25)26-4)17-13-12-15-8-5-6-9-16(15)14-17/h5-6,8-9,12-14,18-21H,7,10-11H2,1-4H3/t18-,19+,20+,21+/m0/s1. The third-order valence-electron chi connectivity index (χ3n) is 7.02. The van der Waals surface area contributed by atoms with E-state index < -0.39 is 0 Å². The maximum atomic E-state index is 12.7. The number of nitrogens with zero attached hydrogens (tertiary/aromatic N) is 1. The summed E-state index contributed by atoms with van der Waals surface area (Å²) < 4.78 is 5.22. The SMILES string of the molecule is COC(=O)[C@H]1N(C)[C@H](c2ccc3ccccc3c2)[C@H]2CCC[C@H]2C1(C)C. The summed E-state index contributed by atoms with van der Waals surface area (Å²) in [5.41, 5.74) is 1.25. The van der Waals surface area contributed by atoms with Gasteiger partial charge >= 0.3 is 5.97 Å². The molecule has 1 saturated carbocycles. The van der Waals surface area contributed by atoms with Gasteiger partial charge in [0.2, 0.25) is 0 Å². The third kappa shape index (κ3) is 2.56. The molecule has 1 aliphatic heterocycles. The molecule has 0 amide bonds. The molecular formula is C23H29NO2. The number of carbonyl (C=O) groups is 1. The van der Waals surface area contributed by atoms with Crippen LogP contribution >= 0.6 is 0 Å². The van der Waals surface area contributed by atoms with Crippen LogP contribution in [0.2, 0.25) is 0 Å². The molecule has 0 spiro atoms. The topological polar surface area (TPSA) is 29.5 Å². The predicted molar refractivity (Wildman–Crippen MR) is 105 cm³/mol. The fourth-order valence-electron chi connectivity index (χ4n) is 5.94. The average molecular weight is 351 g/mol.